The second kappa shape index (κ2) is 7.29. The Morgan fingerprint density at radius 1 is 1.20 bits per heavy atom. The summed E-state index contributed by atoms with van der Waals surface area (Å²) >= 11 is 8.39. The van der Waals surface area contributed by atoms with E-state index >= 15 is 0 Å². The summed E-state index contributed by atoms with van der Waals surface area (Å²) in [6.45, 7) is 2.04. The Hall–Kier alpha value is -0.780. The first-order chi connectivity index (χ1) is 9.56. The number of carbonyl (C=O) groups is 1. The number of anilines is 1. The number of carbonyl (C=O) groups excluding carboxylic acids is 1. The highest BCUT2D eigenvalue weighted by atomic mass is 79.9. The number of amides is 1. The number of halogens is 2. The van der Waals surface area contributed by atoms with Gasteiger partial charge in [-0.1, -0.05) is 28.1 Å². The third-order valence-electron chi connectivity index (χ3n) is 2.64. The summed E-state index contributed by atoms with van der Waals surface area (Å²) in [7, 11) is 0. The van der Waals surface area contributed by atoms with Crippen molar-refractivity contribution in [2.45, 2.75) is 11.8 Å². The zero-order chi connectivity index (χ0) is 14.5. The van der Waals surface area contributed by atoms with E-state index in [2.05, 4.69) is 37.2 Å². The fraction of sp³-hybridized carbons (Fsp3) is 0.133. The van der Waals surface area contributed by atoms with Crippen LogP contribution < -0.4 is 5.32 Å². The lowest BCUT2D eigenvalue weighted by Gasteiger charge is -2.08. The molecule has 0 bridgehead atoms. The summed E-state index contributed by atoms with van der Waals surface area (Å²) in [5.74, 6) is 0.383. The second-order valence-electron chi connectivity index (χ2n) is 4.23. The lowest BCUT2D eigenvalue weighted by atomic mass is 10.2. The monoisotopic (exact) mass is 413 g/mol. The van der Waals surface area contributed by atoms with Crippen LogP contribution in [0.25, 0.3) is 0 Å². The van der Waals surface area contributed by atoms with Crippen LogP contribution in [0.4, 0.5) is 5.69 Å². The molecule has 2 nitrogen and oxygen atoms in total. The van der Waals surface area contributed by atoms with Crippen LogP contribution in [0.5, 0.6) is 0 Å². The van der Waals surface area contributed by atoms with Gasteiger partial charge in [-0.25, -0.2) is 0 Å². The molecule has 0 aliphatic heterocycles. The maximum atomic E-state index is 12.0. The van der Waals surface area contributed by atoms with Crippen molar-refractivity contribution in [2.24, 2.45) is 0 Å². The smallest absolute Gasteiger partial charge is 0.234 e. The van der Waals surface area contributed by atoms with Crippen molar-refractivity contribution in [3.63, 3.8) is 0 Å². The summed E-state index contributed by atoms with van der Waals surface area (Å²) < 4.78 is 1.94. The van der Waals surface area contributed by atoms with Crippen molar-refractivity contribution >= 4 is 55.2 Å². The first-order valence-corrected chi connectivity index (χ1v) is 8.57. The van der Waals surface area contributed by atoms with Crippen LogP contribution in [0.2, 0.25) is 0 Å². The van der Waals surface area contributed by atoms with E-state index < -0.39 is 0 Å². The van der Waals surface area contributed by atoms with Gasteiger partial charge in [0.25, 0.3) is 0 Å². The molecule has 0 heterocycles. The molecule has 0 aliphatic rings. The molecule has 0 saturated carbocycles. The number of nitrogens with one attached hydrogen (secondary N) is 1. The van der Waals surface area contributed by atoms with Crippen molar-refractivity contribution < 1.29 is 4.79 Å². The van der Waals surface area contributed by atoms with Crippen LogP contribution in [0.1, 0.15) is 5.56 Å². The number of aryl methyl sites for hydroxylation is 1. The van der Waals surface area contributed by atoms with Crippen LogP contribution in [0.3, 0.4) is 0 Å². The van der Waals surface area contributed by atoms with Crippen LogP contribution in [-0.4, -0.2) is 11.7 Å². The third kappa shape index (κ3) is 4.36. The van der Waals surface area contributed by atoms with Gasteiger partial charge in [0.05, 0.1) is 11.4 Å². The van der Waals surface area contributed by atoms with Crippen LogP contribution in [0, 0.1) is 6.92 Å². The molecule has 2 aromatic rings. The molecular formula is C15H13Br2NOS. The van der Waals surface area contributed by atoms with Gasteiger partial charge in [-0.3, -0.25) is 4.79 Å². The summed E-state index contributed by atoms with van der Waals surface area (Å²) in [5, 5.41) is 2.90. The Labute approximate surface area is 139 Å². The zero-order valence-electron chi connectivity index (χ0n) is 10.8. The number of thioether (sulfide) groups is 1. The molecule has 0 radical (unpaired) electrons. The summed E-state index contributed by atoms with van der Waals surface area (Å²) in [5.41, 5.74) is 1.96. The minimum atomic E-state index is -0.00998. The number of hydrogen-bond donors (Lipinski definition) is 1. The van der Waals surface area contributed by atoms with Crippen molar-refractivity contribution in [3.8, 4) is 0 Å². The second-order valence-corrected chi connectivity index (χ2v) is 7.01. The topological polar surface area (TPSA) is 29.1 Å². The van der Waals surface area contributed by atoms with Gasteiger partial charge < -0.3 is 5.32 Å². The van der Waals surface area contributed by atoms with E-state index in [0.717, 1.165) is 25.1 Å². The average molecular weight is 415 g/mol. The molecule has 0 atom stereocenters. The highest BCUT2D eigenvalue weighted by Gasteiger charge is 2.07. The van der Waals surface area contributed by atoms with Crippen molar-refractivity contribution in [1.29, 1.82) is 0 Å². The van der Waals surface area contributed by atoms with Gasteiger partial charge in [-0.05, 0) is 58.7 Å². The van der Waals surface area contributed by atoms with E-state index in [0.29, 0.717) is 5.75 Å². The Morgan fingerprint density at radius 3 is 2.65 bits per heavy atom. The number of benzene rings is 2. The number of hydrogen-bond acceptors (Lipinski definition) is 2. The maximum Gasteiger partial charge on any atom is 0.234 e. The Bertz CT molecular complexity index is 631. The van der Waals surface area contributed by atoms with E-state index in [-0.39, 0.29) is 5.91 Å². The first-order valence-electron chi connectivity index (χ1n) is 5.99. The third-order valence-corrected chi connectivity index (χ3v) is 5.00. The van der Waals surface area contributed by atoms with Crippen molar-refractivity contribution in [2.75, 3.05) is 11.1 Å². The molecule has 1 amide bonds. The lowest BCUT2D eigenvalue weighted by molar-refractivity contribution is -0.113. The summed E-state index contributed by atoms with van der Waals surface area (Å²) in [6, 6.07) is 13.6. The molecule has 2 rings (SSSR count). The predicted molar refractivity (Wildman–Crippen MR) is 92.4 cm³/mol. The van der Waals surface area contributed by atoms with Gasteiger partial charge in [0, 0.05) is 13.8 Å². The Kier molecular flexibility index (Phi) is 5.69. The molecule has 0 saturated heterocycles. The van der Waals surface area contributed by atoms with E-state index in [1.54, 1.807) is 11.8 Å². The SMILES string of the molecule is Cc1cc(Br)ccc1SCC(=O)Nc1ccccc1Br. The van der Waals surface area contributed by atoms with Crippen molar-refractivity contribution in [3.05, 3.63) is 57.0 Å². The van der Waals surface area contributed by atoms with E-state index in [4.69, 9.17) is 0 Å². The largest absolute Gasteiger partial charge is 0.324 e. The standard InChI is InChI=1S/C15H13Br2NOS/c1-10-8-11(16)6-7-14(10)20-9-15(19)18-13-5-3-2-4-12(13)17/h2-8H,9H2,1H3,(H,18,19). The molecular weight excluding hydrogens is 402 g/mol. The highest BCUT2D eigenvalue weighted by molar-refractivity contribution is 9.10. The number of rotatable bonds is 4. The minimum absolute atomic E-state index is 0.00998. The molecule has 2 aromatic carbocycles. The highest BCUT2D eigenvalue weighted by Crippen LogP contribution is 2.26. The Balaban J connectivity index is 1.94. The van der Waals surface area contributed by atoms with Gasteiger partial charge in [-0.15, -0.1) is 11.8 Å². The quantitative estimate of drug-likeness (QED) is 0.692. The fourth-order valence-corrected chi connectivity index (χ4v) is 3.34. The predicted octanol–water partition coefficient (Wildman–Crippen LogP) is 5.25. The molecule has 5 heteroatoms. The molecule has 20 heavy (non-hydrogen) atoms. The molecule has 0 unspecified atom stereocenters. The van der Waals surface area contributed by atoms with E-state index in [1.165, 1.54) is 0 Å². The summed E-state index contributed by atoms with van der Waals surface area (Å²) in [6.07, 6.45) is 0. The lowest BCUT2D eigenvalue weighted by Crippen LogP contribution is -2.14. The normalized spacial score (nSPS) is 10.3. The Morgan fingerprint density at radius 2 is 1.95 bits per heavy atom. The first kappa shape index (κ1) is 15.6. The van der Waals surface area contributed by atoms with Gasteiger partial charge in [0.1, 0.15) is 0 Å². The van der Waals surface area contributed by atoms with Gasteiger partial charge in [0.15, 0.2) is 0 Å². The molecule has 0 fully saturated rings. The molecule has 1 N–H and O–H groups in total. The van der Waals surface area contributed by atoms with Gasteiger partial charge in [-0.2, -0.15) is 0 Å². The van der Waals surface area contributed by atoms with E-state index in [1.807, 2.05) is 49.4 Å². The maximum absolute atomic E-state index is 12.0. The minimum Gasteiger partial charge on any atom is -0.324 e. The van der Waals surface area contributed by atoms with Crippen LogP contribution in [-0.2, 0) is 4.79 Å². The van der Waals surface area contributed by atoms with Gasteiger partial charge in [0.2, 0.25) is 5.91 Å². The number of para-hydroxylation sites is 1. The molecule has 104 valence electrons. The zero-order valence-corrected chi connectivity index (χ0v) is 14.8. The summed E-state index contributed by atoms with van der Waals surface area (Å²) in [4.78, 5) is 13.1. The molecule has 0 aliphatic carbocycles. The van der Waals surface area contributed by atoms with Gasteiger partial charge >= 0.3 is 0 Å². The average Bonchev–Trinajstić information content (AvgIpc) is 2.40. The molecule has 0 spiro atoms. The molecule has 0 aromatic heterocycles. The van der Waals surface area contributed by atoms with E-state index in [9.17, 15) is 4.79 Å². The fourth-order valence-electron chi connectivity index (χ4n) is 1.67. The van der Waals surface area contributed by atoms with Crippen molar-refractivity contribution in [1.82, 2.24) is 0 Å². The van der Waals surface area contributed by atoms with Crippen LogP contribution in [0.15, 0.2) is 56.3 Å². The van der Waals surface area contributed by atoms with Crippen LogP contribution >= 0.6 is 43.6 Å².